The summed E-state index contributed by atoms with van der Waals surface area (Å²) >= 11 is 1.58. The van der Waals surface area contributed by atoms with E-state index in [1.54, 1.807) is 18.4 Å². The molecule has 0 saturated heterocycles. The van der Waals surface area contributed by atoms with E-state index in [1.165, 1.54) is 5.56 Å². The van der Waals surface area contributed by atoms with Gasteiger partial charge in [-0.3, -0.25) is 0 Å². The highest BCUT2D eigenvalue weighted by Gasteiger charge is 2.23. The Morgan fingerprint density at radius 3 is 2.95 bits per heavy atom. The van der Waals surface area contributed by atoms with Crippen LogP contribution in [0.25, 0.3) is 10.6 Å². The van der Waals surface area contributed by atoms with Crippen LogP contribution in [0.2, 0.25) is 0 Å². The second-order valence-corrected chi connectivity index (χ2v) is 6.02. The number of hydrogen-bond acceptors (Lipinski definition) is 5. The maximum absolute atomic E-state index is 5.87. The Hall–Kier alpha value is -1.59. The Balaban J connectivity index is 2.06. The molecular formula is C15H18N2O2S. The predicted molar refractivity (Wildman–Crippen MR) is 80.5 cm³/mol. The van der Waals surface area contributed by atoms with Crippen LogP contribution in [0.5, 0.6) is 11.5 Å². The third-order valence-corrected chi connectivity index (χ3v) is 4.33. The topological polar surface area (TPSA) is 57.4 Å². The summed E-state index contributed by atoms with van der Waals surface area (Å²) in [6, 6.07) is 4.03. The molecule has 20 heavy (non-hydrogen) atoms. The average molecular weight is 290 g/mol. The van der Waals surface area contributed by atoms with Gasteiger partial charge in [-0.15, -0.1) is 11.3 Å². The smallest absolute Gasteiger partial charge is 0.129 e. The van der Waals surface area contributed by atoms with Gasteiger partial charge in [0, 0.05) is 23.4 Å². The second-order valence-electron chi connectivity index (χ2n) is 5.16. The van der Waals surface area contributed by atoms with E-state index in [9.17, 15) is 0 Å². The molecule has 2 aromatic rings. The lowest BCUT2D eigenvalue weighted by Gasteiger charge is -2.09. The Morgan fingerprint density at radius 2 is 2.30 bits per heavy atom. The number of methoxy groups -OCH3 is 1. The van der Waals surface area contributed by atoms with Crippen LogP contribution in [0.15, 0.2) is 17.5 Å². The monoisotopic (exact) mass is 290 g/mol. The summed E-state index contributed by atoms with van der Waals surface area (Å²) in [7, 11) is 1.69. The molecule has 0 radical (unpaired) electrons. The van der Waals surface area contributed by atoms with Gasteiger partial charge in [-0.2, -0.15) is 0 Å². The molecule has 1 aromatic carbocycles. The summed E-state index contributed by atoms with van der Waals surface area (Å²) in [4.78, 5) is 4.59. The maximum atomic E-state index is 5.87. The van der Waals surface area contributed by atoms with Crippen LogP contribution in [0, 0.1) is 0 Å². The lowest BCUT2D eigenvalue weighted by molar-refractivity contribution is 0.254. The van der Waals surface area contributed by atoms with Gasteiger partial charge in [0.05, 0.1) is 18.4 Å². The Labute approximate surface area is 122 Å². The first-order chi connectivity index (χ1) is 9.58. The van der Waals surface area contributed by atoms with E-state index in [2.05, 4.69) is 18.0 Å². The van der Waals surface area contributed by atoms with Gasteiger partial charge in [-0.05, 0) is 26.0 Å². The number of rotatable bonds is 3. The minimum Gasteiger partial charge on any atom is -0.496 e. The van der Waals surface area contributed by atoms with E-state index in [4.69, 9.17) is 15.2 Å². The van der Waals surface area contributed by atoms with Gasteiger partial charge in [0.25, 0.3) is 0 Å². The molecule has 4 nitrogen and oxygen atoms in total. The summed E-state index contributed by atoms with van der Waals surface area (Å²) in [5.41, 5.74) is 8.94. The fourth-order valence-corrected chi connectivity index (χ4v) is 3.34. The van der Waals surface area contributed by atoms with Gasteiger partial charge in [0.15, 0.2) is 0 Å². The van der Waals surface area contributed by atoms with Gasteiger partial charge >= 0.3 is 0 Å². The fraction of sp³-hybridized carbons (Fsp3) is 0.400. The molecule has 0 bridgehead atoms. The van der Waals surface area contributed by atoms with Crippen molar-refractivity contribution < 1.29 is 9.47 Å². The highest BCUT2D eigenvalue weighted by atomic mass is 32.1. The van der Waals surface area contributed by atoms with Crippen molar-refractivity contribution >= 4 is 11.3 Å². The van der Waals surface area contributed by atoms with E-state index < -0.39 is 0 Å². The quantitative estimate of drug-likeness (QED) is 0.943. The molecule has 3 rings (SSSR count). The predicted octanol–water partition coefficient (Wildman–Crippen LogP) is 3.16. The Morgan fingerprint density at radius 1 is 1.50 bits per heavy atom. The minimum absolute atomic E-state index is 0.0586. The zero-order valence-electron chi connectivity index (χ0n) is 11.8. The molecule has 0 saturated carbocycles. The third-order valence-electron chi connectivity index (χ3n) is 3.44. The molecule has 1 aliphatic heterocycles. The maximum Gasteiger partial charge on any atom is 0.129 e. The standard InChI is InChI=1S/C15H18N2O2S/c1-8-4-10-5-14(18-3)11(6-13(10)19-8)15-17-12(7-20-15)9(2)16/h5-9H,4,16H2,1-3H3. The first-order valence-corrected chi connectivity index (χ1v) is 7.55. The molecule has 0 spiro atoms. The molecular weight excluding hydrogens is 272 g/mol. The van der Waals surface area contributed by atoms with Crippen molar-refractivity contribution in [2.75, 3.05) is 7.11 Å². The number of ether oxygens (including phenoxy) is 2. The van der Waals surface area contributed by atoms with E-state index in [1.807, 2.05) is 18.4 Å². The van der Waals surface area contributed by atoms with E-state index in [0.29, 0.717) is 0 Å². The van der Waals surface area contributed by atoms with Crippen molar-refractivity contribution in [1.29, 1.82) is 0 Å². The molecule has 1 aromatic heterocycles. The molecule has 1 aliphatic rings. The number of nitrogens with two attached hydrogens (primary N) is 1. The summed E-state index contributed by atoms with van der Waals surface area (Å²) < 4.78 is 11.3. The Bertz CT molecular complexity index is 637. The highest BCUT2D eigenvalue weighted by Crippen LogP contribution is 2.41. The molecule has 2 unspecified atom stereocenters. The van der Waals surface area contributed by atoms with Crippen molar-refractivity contribution in [3.63, 3.8) is 0 Å². The number of aromatic nitrogens is 1. The van der Waals surface area contributed by atoms with E-state index in [-0.39, 0.29) is 12.1 Å². The van der Waals surface area contributed by atoms with Crippen LogP contribution in [0.4, 0.5) is 0 Å². The zero-order valence-corrected chi connectivity index (χ0v) is 12.7. The largest absolute Gasteiger partial charge is 0.496 e. The number of benzene rings is 1. The van der Waals surface area contributed by atoms with E-state index >= 15 is 0 Å². The molecule has 5 heteroatoms. The summed E-state index contributed by atoms with van der Waals surface area (Å²) in [6.07, 6.45) is 1.15. The first kappa shape index (κ1) is 13.4. The van der Waals surface area contributed by atoms with Crippen molar-refractivity contribution in [3.8, 4) is 22.1 Å². The number of thiazole rings is 1. The highest BCUT2D eigenvalue weighted by molar-refractivity contribution is 7.13. The van der Waals surface area contributed by atoms with Crippen molar-refractivity contribution in [3.05, 3.63) is 28.8 Å². The van der Waals surface area contributed by atoms with Crippen molar-refractivity contribution in [2.24, 2.45) is 5.73 Å². The van der Waals surface area contributed by atoms with Crippen molar-refractivity contribution in [2.45, 2.75) is 32.4 Å². The van der Waals surface area contributed by atoms with Gasteiger partial charge in [-0.25, -0.2) is 4.98 Å². The molecule has 2 N–H and O–H groups in total. The number of hydrogen-bond donors (Lipinski definition) is 1. The van der Waals surface area contributed by atoms with Gasteiger partial charge in [0.1, 0.15) is 22.6 Å². The van der Waals surface area contributed by atoms with Gasteiger partial charge < -0.3 is 15.2 Å². The van der Waals surface area contributed by atoms with Crippen LogP contribution in [0.1, 0.15) is 31.1 Å². The van der Waals surface area contributed by atoms with Gasteiger partial charge in [0.2, 0.25) is 0 Å². The van der Waals surface area contributed by atoms with Crippen LogP contribution < -0.4 is 15.2 Å². The lowest BCUT2D eigenvalue weighted by atomic mass is 10.1. The normalized spacial score (nSPS) is 18.5. The zero-order chi connectivity index (χ0) is 14.3. The summed E-state index contributed by atoms with van der Waals surface area (Å²) in [6.45, 7) is 4.01. The molecule has 2 atom stereocenters. The van der Waals surface area contributed by atoms with Crippen LogP contribution in [-0.2, 0) is 6.42 Å². The third kappa shape index (κ3) is 2.27. The minimum atomic E-state index is -0.0586. The average Bonchev–Trinajstić information content (AvgIpc) is 3.01. The molecule has 2 heterocycles. The first-order valence-electron chi connectivity index (χ1n) is 6.67. The molecule has 0 fully saturated rings. The Kier molecular flexibility index (Phi) is 3.40. The molecule has 0 amide bonds. The molecule has 106 valence electrons. The number of fused-ring (bicyclic) bond motifs is 1. The fourth-order valence-electron chi connectivity index (χ4n) is 2.39. The summed E-state index contributed by atoms with van der Waals surface area (Å²) in [5, 5.41) is 2.91. The second kappa shape index (κ2) is 5.07. The van der Waals surface area contributed by atoms with E-state index in [0.717, 1.165) is 34.2 Å². The van der Waals surface area contributed by atoms with Crippen LogP contribution in [0.3, 0.4) is 0 Å². The SMILES string of the molecule is COc1cc2c(cc1-c1nc(C(C)N)cs1)OC(C)C2. The summed E-state index contributed by atoms with van der Waals surface area (Å²) in [5.74, 6) is 1.78. The van der Waals surface area contributed by atoms with Crippen LogP contribution in [-0.4, -0.2) is 18.2 Å². The van der Waals surface area contributed by atoms with Crippen molar-refractivity contribution in [1.82, 2.24) is 4.98 Å². The molecule has 0 aliphatic carbocycles. The van der Waals surface area contributed by atoms with Crippen LogP contribution >= 0.6 is 11.3 Å². The number of nitrogens with zero attached hydrogens (tertiary/aromatic N) is 1. The van der Waals surface area contributed by atoms with Gasteiger partial charge in [-0.1, -0.05) is 0 Å². The lowest BCUT2D eigenvalue weighted by Crippen LogP contribution is -2.05.